The maximum atomic E-state index is 12.8. The molecule has 5 heterocycles. The van der Waals surface area contributed by atoms with Crippen LogP contribution in [0.1, 0.15) is 96.7 Å². The Bertz CT molecular complexity index is 1550. The van der Waals surface area contributed by atoms with Crippen molar-refractivity contribution in [1.82, 2.24) is 29.8 Å². The fourth-order valence-electron chi connectivity index (χ4n) is 7.23. The van der Waals surface area contributed by atoms with E-state index in [9.17, 15) is 4.79 Å². The maximum Gasteiger partial charge on any atom is 0.410 e. The number of rotatable bonds is 5. The Kier molecular flexibility index (Phi) is 8.86. The molecule has 10 nitrogen and oxygen atoms in total. The molecule has 1 unspecified atom stereocenters. The van der Waals surface area contributed by atoms with E-state index in [0.29, 0.717) is 13.1 Å². The topological polar surface area (TPSA) is 89.7 Å². The maximum absolute atomic E-state index is 12.8. The van der Waals surface area contributed by atoms with Crippen LogP contribution in [-0.2, 0) is 9.47 Å². The summed E-state index contributed by atoms with van der Waals surface area (Å²) in [6, 6.07) is 2.31. The van der Waals surface area contributed by atoms with Crippen molar-refractivity contribution in [2.24, 2.45) is 0 Å². The monoisotopic (exact) mass is 639 g/mol. The van der Waals surface area contributed by atoms with Crippen LogP contribution in [0.2, 0.25) is 5.02 Å². The molecule has 45 heavy (non-hydrogen) atoms. The van der Waals surface area contributed by atoms with Gasteiger partial charge in [0.25, 0.3) is 0 Å². The van der Waals surface area contributed by atoms with Crippen LogP contribution in [-0.4, -0.2) is 81.0 Å². The third-order valence-electron chi connectivity index (χ3n) is 9.98. The van der Waals surface area contributed by atoms with Gasteiger partial charge in [-0.1, -0.05) is 18.5 Å². The zero-order valence-electron chi connectivity index (χ0n) is 28.1. The summed E-state index contributed by atoms with van der Waals surface area (Å²) in [5, 5.41) is 15.7. The van der Waals surface area contributed by atoms with E-state index in [2.05, 4.69) is 48.7 Å². The molecular formula is C34H50ClN7O3. The van der Waals surface area contributed by atoms with E-state index in [4.69, 9.17) is 31.3 Å². The number of carbonyl (C=O) groups is 1. The highest BCUT2D eigenvalue weighted by Crippen LogP contribution is 2.47. The number of hydrogen-bond acceptors (Lipinski definition) is 7. The summed E-state index contributed by atoms with van der Waals surface area (Å²) < 4.78 is 16.1. The minimum Gasteiger partial charge on any atom is -0.444 e. The van der Waals surface area contributed by atoms with E-state index in [0.717, 1.165) is 109 Å². The lowest BCUT2D eigenvalue weighted by Gasteiger charge is -2.45. The summed E-state index contributed by atoms with van der Waals surface area (Å²) >= 11 is 7.30. The Balaban J connectivity index is 1.45. The average Bonchev–Trinajstić information content (AvgIpc) is 3.58. The van der Waals surface area contributed by atoms with E-state index in [1.807, 2.05) is 36.5 Å². The van der Waals surface area contributed by atoms with Gasteiger partial charge in [0.15, 0.2) is 12.0 Å². The van der Waals surface area contributed by atoms with Crippen LogP contribution >= 0.6 is 11.6 Å². The fourth-order valence-corrected chi connectivity index (χ4v) is 7.48. The molecule has 2 atom stereocenters. The van der Waals surface area contributed by atoms with Crippen LogP contribution in [0.4, 0.5) is 10.6 Å². The molecule has 6 rings (SSSR count). The second-order valence-electron chi connectivity index (χ2n) is 14.3. The molecule has 3 fully saturated rings. The number of aryl methyl sites for hydroxylation is 1. The summed E-state index contributed by atoms with van der Waals surface area (Å²) in [6.45, 7) is 19.2. The number of nitrogens with one attached hydrogen (secondary N) is 1. The number of benzene rings is 1. The first-order chi connectivity index (χ1) is 21.4. The SMILES string of the molecule is CC[C@@]1(C)CNCCN1c1nn(C2CCN(C(=O)OC(C)(C)C)CC2)c(C)c1-c1c(Cl)c(C)cc2c1cnn2C1CCCCO1. The molecule has 1 amide bonds. The second-order valence-corrected chi connectivity index (χ2v) is 14.7. The van der Waals surface area contributed by atoms with Crippen LogP contribution in [0.5, 0.6) is 0 Å². The first-order valence-corrected chi connectivity index (χ1v) is 17.1. The molecule has 11 heteroatoms. The Morgan fingerprint density at radius 1 is 1.13 bits per heavy atom. The number of piperazine rings is 1. The van der Waals surface area contributed by atoms with E-state index in [-0.39, 0.29) is 23.9 Å². The van der Waals surface area contributed by atoms with E-state index in [1.165, 1.54) is 0 Å². The normalized spacial score (nSPS) is 23.6. The molecule has 2 aromatic heterocycles. The van der Waals surface area contributed by atoms with Gasteiger partial charge in [-0.2, -0.15) is 10.2 Å². The quantitative estimate of drug-likeness (QED) is 0.321. The molecule has 0 saturated carbocycles. The molecule has 3 aliphatic rings. The molecule has 1 aromatic carbocycles. The lowest BCUT2D eigenvalue weighted by atomic mass is 9.92. The highest BCUT2D eigenvalue weighted by molar-refractivity contribution is 6.36. The molecule has 3 saturated heterocycles. The van der Waals surface area contributed by atoms with Crippen molar-refractivity contribution in [3.8, 4) is 11.1 Å². The van der Waals surface area contributed by atoms with Crippen LogP contribution in [0.25, 0.3) is 22.0 Å². The number of halogens is 1. The molecule has 0 aliphatic carbocycles. The third kappa shape index (κ3) is 6.05. The van der Waals surface area contributed by atoms with Crippen LogP contribution in [0.3, 0.4) is 0 Å². The van der Waals surface area contributed by atoms with Crippen molar-refractivity contribution in [2.75, 3.05) is 44.2 Å². The molecular weight excluding hydrogens is 590 g/mol. The lowest BCUT2D eigenvalue weighted by molar-refractivity contribution is -0.0366. The smallest absolute Gasteiger partial charge is 0.410 e. The summed E-state index contributed by atoms with van der Waals surface area (Å²) in [7, 11) is 0. The van der Waals surface area contributed by atoms with Crippen molar-refractivity contribution in [3.63, 3.8) is 0 Å². The van der Waals surface area contributed by atoms with Gasteiger partial charge in [-0.3, -0.25) is 4.68 Å². The molecule has 0 radical (unpaired) electrons. The molecule has 3 aromatic rings. The Morgan fingerprint density at radius 3 is 2.56 bits per heavy atom. The predicted octanol–water partition coefficient (Wildman–Crippen LogP) is 7.02. The van der Waals surface area contributed by atoms with Crippen molar-refractivity contribution in [3.05, 3.63) is 28.5 Å². The number of aromatic nitrogens is 4. The molecule has 0 bridgehead atoms. The van der Waals surface area contributed by atoms with Gasteiger partial charge in [0, 0.05) is 61.5 Å². The Morgan fingerprint density at radius 2 is 1.89 bits per heavy atom. The van der Waals surface area contributed by atoms with Crippen molar-refractivity contribution in [2.45, 2.75) is 110 Å². The fraction of sp³-hybridized carbons (Fsp3) is 0.676. The van der Waals surface area contributed by atoms with Gasteiger partial charge in [0.2, 0.25) is 0 Å². The largest absolute Gasteiger partial charge is 0.444 e. The van der Waals surface area contributed by atoms with E-state index >= 15 is 0 Å². The number of anilines is 1. The Hall–Kier alpha value is -2.82. The number of ether oxygens (including phenoxy) is 2. The van der Waals surface area contributed by atoms with Gasteiger partial charge in [-0.15, -0.1) is 0 Å². The number of nitrogens with zero attached hydrogens (tertiary/aromatic N) is 6. The third-order valence-corrected chi connectivity index (χ3v) is 10.5. The molecule has 1 N–H and O–H groups in total. The number of amides is 1. The van der Waals surface area contributed by atoms with Crippen LogP contribution in [0.15, 0.2) is 12.3 Å². The summed E-state index contributed by atoms with van der Waals surface area (Å²) in [5.74, 6) is 0.975. The van der Waals surface area contributed by atoms with Crippen LogP contribution in [0, 0.1) is 13.8 Å². The summed E-state index contributed by atoms with van der Waals surface area (Å²) in [6.07, 6.45) is 7.41. The Labute approximate surface area is 272 Å². The zero-order chi connectivity index (χ0) is 32.1. The summed E-state index contributed by atoms with van der Waals surface area (Å²) in [5.41, 5.74) is 4.60. The standard InChI is InChI=1S/C34H50ClN7O3/c1-8-34(7)21-36-14-17-40(34)31-28(23(3)41(38-31)24-12-15-39(16-13-24)32(43)45-33(4,5)6)29-25-20-37-42(27-11-9-10-18-44-27)26(25)19-22(2)30(29)35/h19-20,24,27,36H,8-18,21H2,1-7H3/t27?,34-/m0/s1. The number of carbonyl (C=O) groups excluding carboxylic acids is 1. The van der Waals surface area contributed by atoms with Crippen molar-refractivity contribution >= 4 is 34.4 Å². The van der Waals surface area contributed by atoms with Gasteiger partial charge in [0.1, 0.15) is 5.60 Å². The number of piperidine rings is 1. The minimum atomic E-state index is -0.513. The number of fused-ring (bicyclic) bond motifs is 1. The number of likely N-dealkylation sites (tertiary alicyclic amines) is 1. The van der Waals surface area contributed by atoms with E-state index < -0.39 is 5.60 Å². The molecule has 0 spiro atoms. The molecule has 246 valence electrons. The number of hydrogen-bond donors (Lipinski definition) is 1. The average molecular weight is 640 g/mol. The second kappa shape index (κ2) is 12.4. The molecule has 3 aliphatic heterocycles. The van der Waals surface area contributed by atoms with E-state index in [1.54, 1.807) is 0 Å². The van der Waals surface area contributed by atoms with Crippen LogP contribution < -0.4 is 10.2 Å². The first kappa shape index (κ1) is 32.1. The van der Waals surface area contributed by atoms with Crippen molar-refractivity contribution in [1.29, 1.82) is 0 Å². The summed E-state index contributed by atoms with van der Waals surface area (Å²) in [4.78, 5) is 17.2. The minimum absolute atomic E-state index is 0.0697. The first-order valence-electron chi connectivity index (χ1n) is 16.8. The highest BCUT2D eigenvalue weighted by atomic mass is 35.5. The zero-order valence-corrected chi connectivity index (χ0v) is 28.8. The van der Waals surface area contributed by atoms with Gasteiger partial charge < -0.3 is 24.6 Å². The van der Waals surface area contributed by atoms with Gasteiger partial charge in [0.05, 0.1) is 28.3 Å². The van der Waals surface area contributed by atoms with Gasteiger partial charge in [-0.25, -0.2) is 9.48 Å². The van der Waals surface area contributed by atoms with Gasteiger partial charge >= 0.3 is 6.09 Å². The van der Waals surface area contributed by atoms with Crippen molar-refractivity contribution < 1.29 is 14.3 Å². The predicted molar refractivity (Wildman–Crippen MR) is 179 cm³/mol. The highest BCUT2D eigenvalue weighted by Gasteiger charge is 2.39. The van der Waals surface area contributed by atoms with Gasteiger partial charge in [-0.05, 0) is 91.7 Å². The lowest BCUT2D eigenvalue weighted by Crippen LogP contribution is -2.60.